The number of aliphatic hydroxyl groups is 1. The van der Waals surface area contributed by atoms with Crippen molar-refractivity contribution in [2.24, 2.45) is 0 Å². The fraction of sp³-hybridized carbons (Fsp3) is 0.500. The Balaban J connectivity index is 1.92. The minimum absolute atomic E-state index is 0.0269. The third kappa shape index (κ3) is 2.20. The number of nitrogens with two attached hydrogens (primary N) is 1. The van der Waals surface area contributed by atoms with Gasteiger partial charge in [-0.2, -0.15) is 0 Å². The molecule has 2 aliphatic heterocycles. The highest BCUT2D eigenvalue weighted by atomic mass is 79.9. The van der Waals surface area contributed by atoms with E-state index in [-0.39, 0.29) is 29.8 Å². The van der Waals surface area contributed by atoms with E-state index in [0.29, 0.717) is 22.9 Å². The van der Waals surface area contributed by atoms with Crippen LogP contribution in [0.5, 0.6) is 0 Å². The SMILES string of the molecule is Nc1cc(C(=O)N2C3CCC2CC(O)C3)c(Br)cc1F. The molecule has 2 aliphatic rings. The molecule has 4 nitrogen and oxygen atoms in total. The Morgan fingerprint density at radius 2 is 1.95 bits per heavy atom. The average Bonchev–Trinajstić information content (AvgIpc) is 2.65. The van der Waals surface area contributed by atoms with Gasteiger partial charge in [0.05, 0.1) is 17.4 Å². The molecule has 0 saturated carbocycles. The molecule has 0 radical (unpaired) electrons. The van der Waals surface area contributed by atoms with Crippen LogP contribution in [-0.4, -0.2) is 34.1 Å². The predicted molar refractivity (Wildman–Crippen MR) is 76.7 cm³/mol. The summed E-state index contributed by atoms with van der Waals surface area (Å²) in [6.07, 6.45) is 2.76. The highest BCUT2D eigenvalue weighted by molar-refractivity contribution is 9.10. The molecule has 6 heteroatoms. The summed E-state index contributed by atoms with van der Waals surface area (Å²) in [5, 5.41) is 9.78. The van der Waals surface area contributed by atoms with Crippen LogP contribution in [0.4, 0.5) is 10.1 Å². The molecule has 108 valence electrons. The molecule has 20 heavy (non-hydrogen) atoms. The first-order valence-corrected chi connectivity index (χ1v) is 7.52. The number of carbonyl (C=O) groups is 1. The first kappa shape index (κ1) is 13.8. The Kier molecular flexibility index (Phi) is 3.46. The summed E-state index contributed by atoms with van der Waals surface area (Å²) in [7, 11) is 0. The number of piperidine rings is 1. The maximum absolute atomic E-state index is 13.4. The van der Waals surface area contributed by atoms with Crippen LogP contribution in [0.1, 0.15) is 36.0 Å². The fourth-order valence-electron chi connectivity index (χ4n) is 3.35. The number of anilines is 1. The summed E-state index contributed by atoms with van der Waals surface area (Å²) in [4.78, 5) is 14.5. The second-order valence-corrected chi connectivity index (χ2v) is 6.43. The number of rotatable bonds is 1. The van der Waals surface area contributed by atoms with E-state index in [1.54, 1.807) is 0 Å². The van der Waals surface area contributed by atoms with Crippen LogP contribution in [0.15, 0.2) is 16.6 Å². The van der Waals surface area contributed by atoms with Crippen molar-refractivity contribution < 1.29 is 14.3 Å². The van der Waals surface area contributed by atoms with Crippen LogP contribution in [0.3, 0.4) is 0 Å². The molecule has 2 heterocycles. The quantitative estimate of drug-likeness (QED) is 0.769. The van der Waals surface area contributed by atoms with E-state index in [9.17, 15) is 14.3 Å². The largest absolute Gasteiger partial charge is 0.396 e. The molecule has 2 bridgehead atoms. The summed E-state index contributed by atoms with van der Waals surface area (Å²) >= 11 is 3.23. The van der Waals surface area contributed by atoms with Crippen molar-refractivity contribution in [2.75, 3.05) is 5.73 Å². The smallest absolute Gasteiger partial charge is 0.255 e. The molecule has 0 spiro atoms. The first-order valence-electron chi connectivity index (χ1n) is 6.72. The molecule has 0 aliphatic carbocycles. The molecule has 2 atom stereocenters. The highest BCUT2D eigenvalue weighted by Crippen LogP contribution is 2.38. The van der Waals surface area contributed by atoms with E-state index in [2.05, 4.69) is 15.9 Å². The molecule has 2 unspecified atom stereocenters. The van der Waals surface area contributed by atoms with E-state index in [1.165, 1.54) is 12.1 Å². The fourth-order valence-corrected chi connectivity index (χ4v) is 3.83. The van der Waals surface area contributed by atoms with Crippen LogP contribution in [0.25, 0.3) is 0 Å². The number of benzene rings is 1. The number of amides is 1. The zero-order valence-corrected chi connectivity index (χ0v) is 12.4. The second kappa shape index (κ2) is 5.00. The van der Waals surface area contributed by atoms with Gasteiger partial charge in [0.15, 0.2) is 0 Å². The zero-order chi connectivity index (χ0) is 14.4. The number of hydrogen-bond donors (Lipinski definition) is 2. The zero-order valence-electron chi connectivity index (χ0n) is 10.9. The molecule has 2 fully saturated rings. The lowest BCUT2D eigenvalue weighted by atomic mass is 9.98. The van der Waals surface area contributed by atoms with Gasteiger partial charge in [0.2, 0.25) is 0 Å². The Labute approximate surface area is 124 Å². The topological polar surface area (TPSA) is 66.6 Å². The average molecular weight is 343 g/mol. The molecule has 1 amide bonds. The Bertz CT molecular complexity index is 552. The number of halogens is 2. The lowest BCUT2D eigenvalue weighted by molar-refractivity contribution is 0.0286. The number of fused-ring (bicyclic) bond motifs is 2. The van der Waals surface area contributed by atoms with Crippen molar-refractivity contribution in [1.82, 2.24) is 4.90 Å². The highest BCUT2D eigenvalue weighted by Gasteiger charge is 2.43. The maximum atomic E-state index is 13.4. The molecule has 0 aromatic heterocycles. The van der Waals surface area contributed by atoms with Crippen molar-refractivity contribution >= 4 is 27.5 Å². The summed E-state index contributed by atoms with van der Waals surface area (Å²) in [5.74, 6) is -0.673. The molecule has 1 aromatic carbocycles. The van der Waals surface area contributed by atoms with Crippen LogP contribution in [-0.2, 0) is 0 Å². The lowest BCUT2D eigenvalue weighted by Crippen LogP contribution is -2.48. The number of nitrogen functional groups attached to an aromatic ring is 1. The second-order valence-electron chi connectivity index (χ2n) is 5.58. The van der Waals surface area contributed by atoms with Crippen LogP contribution >= 0.6 is 15.9 Å². The Morgan fingerprint density at radius 3 is 2.55 bits per heavy atom. The molecule has 3 N–H and O–H groups in total. The van der Waals surface area contributed by atoms with Crippen molar-refractivity contribution in [1.29, 1.82) is 0 Å². The van der Waals surface area contributed by atoms with E-state index in [0.717, 1.165) is 12.8 Å². The number of hydrogen-bond acceptors (Lipinski definition) is 3. The normalized spacial score (nSPS) is 28.8. The standard InChI is InChI=1S/C14H16BrFN2O2/c15-11-6-12(16)13(17)5-10(11)14(20)18-7-1-2-8(18)4-9(19)3-7/h5-9,19H,1-4,17H2. The van der Waals surface area contributed by atoms with Gasteiger partial charge in [-0.3, -0.25) is 4.79 Å². The van der Waals surface area contributed by atoms with E-state index < -0.39 is 5.82 Å². The van der Waals surface area contributed by atoms with Gasteiger partial charge >= 0.3 is 0 Å². The van der Waals surface area contributed by atoms with Crippen molar-refractivity contribution in [3.63, 3.8) is 0 Å². The number of nitrogens with zero attached hydrogens (tertiary/aromatic N) is 1. The summed E-state index contributed by atoms with van der Waals surface area (Å²) in [5.41, 5.74) is 5.92. The van der Waals surface area contributed by atoms with Gasteiger partial charge in [-0.15, -0.1) is 0 Å². The van der Waals surface area contributed by atoms with Gasteiger partial charge in [-0.05, 0) is 53.7 Å². The number of aliphatic hydroxyl groups excluding tert-OH is 1. The van der Waals surface area contributed by atoms with Crippen LogP contribution in [0, 0.1) is 5.82 Å². The minimum Gasteiger partial charge on any atom is -0.396 e. The maximum Gasteiger partial charge on any atom is 0.255 e. The molecular formula is C14H16BrFN2O2. The van der Waals surface area contributed by atoms with E-state index >= 15 is 0 Å². The minimum atomic E-state index is -0.537. The molecule has 2 saturated heterocycles. The van der Waals surface area contributed by atoms with Crippen LogP contribution in [0.2, 0.25) is 0 Å². The van der Waals surface area contributed by atoms with Gasteiger partial charge in [-0.25, -0.2) is 4.39 Å². The monoisotopic (exact) mass is 342 g/mol. The van der Waals surface area contributed by atoms with Crippen molar-refractivity contribution in [3.05, 3.63) is 28.0 Å². The molecule has 1 aromatic rings. The van der Waals surface area contributed by atoms with E-state index in [4.69, 9.17) is 5.73 Å². The Hall–Kier alpha value is -1.14. The molecule has 3 rings (SSSR count). The summed E-state index contributed by atoms with van der Waals surface area (Å²) < 4.78 is 13.8. The van der Waals surface area contributed by atoms with Gasteiger partial charge in [0.25, 0.3) is 5.91 Å². The van der Waals surface area contributed by atoms with Gasteiger partial charge in [0.1, 0.15) is 5.82 Å². The third-order valence-electron chi connectivity index (χ3n) is 4.26. The summed E-state index contributed by atoms with van der Waals surface area (Å²) in [6.45, 7) is 0. The first-order chi connectivity index (χ1) is 9.47. The summed E-state index contributed by atoms with van der Waals surface area (Å²) in [6, 6.07) is 2.76. The lowest BCUT2D eigenvalue weighted by Gasteiger charge is -2.37. The van der Waals surface area contributed by atoms with Gasteiger partial charge in [0, 0.05) is 16.6 Å². The van der Waals surface area contributed by atoms with E-state index in [1.807, 2.05) is 4.90 Å². The van der Waals surface area contributed by atoms with Gasteiger partial charge < -0.3 is 15.7 Å². The molecular weight excluding hydrogens is 327 g/mol. The Morgan fingerprint density at radius 1 is 1.35 bits per heavy atom. The number of carbonyl (C=O) groups excluding carboxylic acids is 1. The third-order valence-corrected chi connectivity index (χ3v) is 4.92. The van der Waals surface area contributed by atoms with Crippen LogP contribution < -0.4 is 5.73 Å². The van der Waals surface area contributed by atoms with Crippen molar-refractivity contribution in [2.45, 2.75) is 43.9 Å². The van der Waals surface area contributed by atoms with Crippen molar-refractivity contribution in [3.8, 4) is 0 Å². The van der Waals surface area contributed by atoms with Gasteiger partial charge in [-0.1, -0.05) is 0 Å². The predicted octanol–water partition coefficient (Wildman–Crippen LogP) is 2.30.